The second-order valence-electron chi connectivity index (χ2n) is 4.28. The zero-order valence-electron chi connectivity index (χ0n) is 7.64. The summed E-state index contributed by atoms with van der Waals surface area (Å²) in [5.41, 5.74) is 11.8. The first-order chi connectivity index (χ1) is 5.09. The Balaban J connectivity index is 2.55. The van der Waals surface area contributed by atoms with Crippen molar-refractivity contribution in [2.45, 2.75) is 39.2 Å². The number of rotatable bonds is 2. The van der Waals surface area contributed by atoms with E-state index in [0.29, 0.717) is 11.5 Å². The zero-order chi connectivity index (χ0) is 8.48. The van der Waals surface area contributed by atoms with Gasteiger partial charge in [0, 0.05) is 6.04 Å². The maximum absolute atomic E-state index is 5.99. The summed E-state index contributed by atoms with van der Waals surface area (Å²) in [5.74, 6) is 0.752. The van der Waals surface area contributed by atoms with Crippen LogP contribution in [0.4, 0.5) is 0 Å². The van der Waals surface area contributed by atoms with Gasteiger partial charge in [-0.1, -0.05) is 13.8 Å². The zero-order valence-corrected chi connectivity index (χ0v) is 7.64. The SMILES string of the molecule is CC1(C)[C@H](CCN)CC[C@@H]1N. The Hall–Kier alpha value is -0.0800. The van der Waals surface area contributed by atoms with E-state index in [1.807, 2.05) is 0 Å². The number of hydrogen-bond acceptors (Lipinski definition) is 2. The Morgan fingerprint density at radius 2 is 2.00 bits per heavy atom. The maximum Gasteiger partial charge on any atom is 0.00930 e. The van der Waals surface area contributed by atoms with Gasteiger partial charge in [-0.15, -0.1) is 0 Å². The predicted octanol–water partition coefficient (Wildman–Crippen LogP) is 1.10. The fraction of sp³-hybridized carbons (Fsp3) is 1.00. The molecule has 0 aromatic carbocycles. The Kier molecular flexibility index (Phi) is 2.55. The predicted molar refractivity (Wildman–Crippen MR) is 48.2 cm³/mol. The summed E-state index contributed by atoms with van der Waals surface area (Å²) < 4.78 is 0. The van der Waals surface area contributed by atoms with Gasteiger partial charge in [0.1, 0.15) is 0 Å². The van der Waals surface area contributed by atoms with E-state index in [4.69, 9.17) is 11.5 Å². The summed E-state index contributed by atoms with van der Waals surface area (Å²) in [6.07, 6.45) is 3.59. The molecule has 0 heterocycles. The lowest BCUT2D eigenvalue weighted by Crippen LogP contribution is -2.36. The molecule has 0 aromatic rings. The first-order valence-corrected chi connectivity index (χ1v) is 4.54. The molecule has 1 fully saturated rings. The summed E-state index contributed by atoms with van der Waals surface area (Å²) in [6, 6.07) is 0.388. The van der Waals surface area contributed by atoms with Crippen molar-refractivity contribution in [3.63, 3.8) is 0 Å². The highest BCUT2D eigenvalue weighted by Crippen LogP contribution is 2.43. The average molecular weight is 156 g/mol. The highest BCUT2D eigenvalue weighted by molar-refractivity contribution is 4.94. The smallest absolute Gasteiger partial charge is 0.00930 e. The van der Waals surface area contributed by atoms with Gasteiger partial charge in [-0.25, -0.2) is 0 Å². The molecule has 0 aromatic heterocycles. The van der Waals surface area contributed by atoms with E-state index in [1.54, 1.807) is 0 Å². The van der Waals surface area contributed by atoms with Crippen molar-refractivity contribution in [2.24, 2.45) is 22.8 Å². The molecule has 0 radical (unpaired) electrons. The molecule has 1 saturated carbocycles. The Labute approximate surface area is 69.3 Å². The van der Waals surface area contributed by atoms with Crippen LogP contribution < -0.4 is 11.5 Å². The molecule has 66 valence electrons. The van der Waals surface area contributed by atoms with Gasteiger partial charge in [0.2, 0.25) is 0 Å². The first kappa shape index (κ1) is 9.01. The topological polar surface area (TPSA) is 52.0 Å². The van der Waals surface area contributed by atoms with Crippen LogP contribution in [-0.4, -0.2) is 12.6 Å². The number of nitrogens with two attached hydrogens (primary N) is 2. The van der Waals surface area contributed by atoms with E-state index in [1.165, 1.54) is 12.8 Å². The van der Waals surface area contributed by atoms with Gasteiger partial charge in [0.15, 0.2) is 0 Å². The van der Waals surface area contributed by atoms with Crippen LogP contribution in [0.1, 0.15) is 33.1 Å². The van der Waals surface area contributed by atoms with E-state index in [0.717, 1.165) is 18.9 Å². The van der Waals surface area contributed by atoms with Crippen molar-refractivity contribution in [3.8, 4) is 0 Å². The second-order valence-corrected chi connectivity index (χ2v) is 4.28. The lowest BCUT2D eigenvalue weighted by Gasteiger charge is -2.30. The van der Waals surface area contributed by atoms with Gasteiger partial charge >= 0.3 is 0 Å². The highest BCUT2D eigenvalue weighted by atomic mass is 14.7. The van der Waals surface area contributed by atoms with Gasteiger partial charge in [0.25, 0.3) is 0 Å². The summed E-state index contributed by atoms with van der Waals surface area (Å²) in [4.78, 5) is 0. The van der Waals surface area contributed by atoms with E-state index < -0.39 is 0 Å². The van der Waals surface area contributed by atoms with Gasteiger partial charge in [0.05, 0.1) is 0 Å². The van der Waals surface area contributed by atoms with E-state index in [2.05, 4.69) is 13.8 Å². The van der Waals surface area contributed by atoms with E-state index in [9.17, 15) is 0 Å². The van der Waals surface area contributed by atoms with Crippen LogP contribution in [0.2, 0.25) is 0 Å². The summed E-state index contributed by atoms with van der Waals surface area (Å²) in [6.45, 7) is 5.34. The number of hydrogen-bond donors (Lipinski definition) is 2. The van der Waals surface area contributed by atoms with Crippen molar-refractivity contribution in [3.05, 3.63) is 0 Å². The molecular formula is C9H20N2. The van der Waals surface area contributed by atoms with Crippen LogP contribution in [0, 0.1) is 11.3 Å². The van der Waals surface area contributed by atoms with Crippen LogP contribution in [-0.2, 0) is 0 Å². The molecule has 1 aliphatic carbocycles. The molecule has 0 unspecified atom stereocenters. The van der Waals surface area contributed by atoms with Crippen molar-refractivity contribution in [1.29, 1.82) is 0 Å². The fourth-order valence-electron chi connectivity index (χ4n) is 2.15. The molecule has 2 atom stereocenters. The summed E-state index contributed by atoms with van der Waals surface area (Å²) in [5, 5.41) is 0. The molecule has 2 heteroatoms. The quantitative estimate of drug-likeness (QED) is 0.629. The van der Waals surface area contributed by atoms with Gasteiger partial charge < -0.3 is 11.5 Å². The van der Waals surface area contributed by atoms with Gasteiger partial charge in [-0.2, -0.15) is 0 Å². The molecule has 0 bridgehead atoms. The molecular weight excluding hydrogens is 136 g/mol. The molecule has 1 aliphatic rings. The van der Waals surface area contributed by atoms with Crippen LogP contribution in [0.5, 0.6) is 0 Å². The minimum Gasteiger partial charge on any atom is -0.330 e. The third kappa shape index (κ3) is 1.57. The van der Waals surface area contributed by atoms with Gasteiger partial charge in [-0.05, 0) is 37.1 Å². The molecule has 0 spiro atoms. The van der Waals surface area contributed by atoms with Crippen molar-refractivity contribution >= 4 is 0 Å². The van der Waals surface area contributed by atoms with Crippen molar-refractivity contribution in [2.75, 3.05) is 6.54 Å². The third-order valence-electron chi connectivity index (χ3n) is 3.35. The largest absolute Gasteiger partial charge is 0.330 e. The van der Waals surface area contributed by atoms with Crippen LogP contribution >= 0.6 is 0 Å². The van der Waals surface area contributed by atoms with E-state index in [-0.39, 0.29) is 0 Å². The monoisotopic (exact) mass is 156 g/mol. The first-order valence-electron chi connectivity index (χ1n) is 4.54. The standard InChI is InChI=1S/C9H20N2/c1-9(2)7(5-6-10)3-4-8(9)11/h7-8H,3-6,10-11H2,1-2H3/t7-,8-/m0/s1. The second kappa shape index (κ2) is 3.11. The molecule has 0 aliphatic heterocycles. The average Bonchev–Trinajstić information content (AvgIpc) is 2.16. The Bertz CT molecular complexity index is 130. The third-order valence-corrected chi connectivity index (χ3v) is 3.35. The lowest BCUT2D eigenvalue weighted by atomic mass is 9.78. The van der Waals surface area contributed by atoms with Crippen molar-refractivity contribution in [1.82, 2.24) is 0 Å². The molecule has 1 rings (SSSR count). The van der Waals surface area contributed by atoms with Crippen LogP contribution in [0.25, 0.3) is 0 Å². The maximum atomic E-state index is 5.99. The Morgan fingerprint density at radius 3 is 2.36 bits per heavy atom. The normalized spacial score (nSPS) is 36.0. The minimum absolute atomic E-state index is 0.319. The molecule has 4 N–H and O–H groups in total. The molecule has 2 nitrogen and oxygen atoms in total. The molecule has 11 heavy (non-hydrogen) atoms. The van der Waals surface area contributed by atoms with Crippen LogP contribution in [0.3, 0.4) is 0 Å². The Morgan fingerprint density at radius 1 is 1.36 bits per heavy atom. The highest BCUT2D eigenvalue weighted by Gasteiger charge is 2.39. The molecule has 0 amide bonds. The van der Waals surface area contributed by atoms with Gasteiger partial charge in [-0.3, -0.25) is 0 Å². The minimum atomic E-state index is 0.319. The van der Waals surface area contributed by atoms with Crippen LogP contribution in [0.15, 0.2) is 0 Å². The summed E-state index contributed by atoms with van der Waals surface area (Å²) >= 11 is 0. The molecule has 0 saturated heterocycles. The lowest BCUT2D eigenvalue weighted by molar-refractivity contribution is 0.223. The fourth-order valence-corrected chi connectivity index (χ4v) is 2.15. The van der Waals surface area contributed by atoms with E-state index >= 15 is 0 Å². The van der Waals surface area contributed by atoms with Crippen molar-refractivity contribution < 1.29 is 0 Å². The summed E-state index contributed by atoms with van der Waals surface area (Å²) in [7, 11) is 0.